The molecule has 1 atom stereocenters. The van der Waals surface area contributed by atoms with Crippen LogP contribution in [0.1, 0.15) is 23.7 Å². The molecule has 23 heavy (non-hydrogen) atoms. The smallest absolute Gasteiger partial charge is 0.388 e. The maximum atomic E-state index is 12.6. The average Bonchev–Trinajstić information content (AvgIpc) is 2.49. The number of hydrogen-bond acceptors (Lipinski definition) is 3. The molecule has 0 saturated carbocycles. The van der Waals surface area contributed by atoms with Crippen molar-refractivity contribution in [3.8, 4) is 0 Å². The van der Waals surface area contributed by atoms with E-state index < -0.39 is 35.0 Å². The van der Waals surface area contributed by atoms with Crippen molar-refractivity contribution in [2.45, 2.75) is 18.7 Å². The first-order valence-corrected chi connectivity index (χ1v) is 6.60. The highest BCUT2D eigenvalue weighted by atomic mass is 19.4. The Morgan fingerprint density at radius 2 is 1.91 bits per heavy atom. The van der Waals surface area contributed by atoms with E-state index in [1.165, 1.54) is 0 Å². The molecule has 0 spiro atoms. The summed E-state index contributed by atoms with van der Waals surface area (Å²) in [6.45, 7) is 0. The summed E-state index contributed by atoms with van der Waals surface area (Å²) in [5.74, 6) is -0.772. The van der Waals surface area contributed by atoms with Crippen molar-refractivity contribution in [3.63, 3.8) is 0 Å². The fourth-order valence-corrected chi connectivity index (χ4v) is 1.91. The van der Waals surface area contributed by atoms with Crippen LogP contribution in [0.3, 0.4) is 0 Å². The van der Waals surface area contributed by atoms with Crippen molar-refractivity contribution in [1.29, 1.82) is 0 Å². The molecule has 0 fully saturated rings. The van der Waals surface area contributed by atoms with E-state index in [0.717, 1.165) is 0 Å². The number of pyridine rings is 1. The summed E-state index contributed by atoms with van der Waals surface area (Å²) in [6, 6.07) is 8.84. The lowest BCUT2D eigenvalue weighted by molar-refractivity contribution is -0.137. The molecule has 0 radical (unpaired) electrons. The number of carbonyl (C=O) groups excluding carboxylic acids is 1. The first-order chi connectivity index (χ1) is 10.8. The molecular formula is C15H13F3N2O3. The number of carbonyl (C=O) groups is 1. The van der Waals surface area contributed by atoms with Gasteiger partial charge in [0, 0.05) is 6.20 Å². The van der Waals surface area contributed by atoms with Crippen LogP contribution in [0.2, 0.25) is 0 Å². The van der Waals surface area contributed by atoms with Gasteiger partial charge in [-0.3, -0.25) is 9.59 Å². The van der Waals surface area contributed by atoms with Crippen LogP contribution in [0.25, 0.3) is 0 Å². The number of amides is 1. The highest BCUT2D eigenvalue weighted by Crippen LogP contribution is 2.29. The van der Waals surface area contributed by atoms with Gasteiger partial charge in [0.15, 0.2) is 0 Å². The van der Waals surface area contributed by atoms with Crippen molar-refractivity contribution in [2.24, 2.45) is 0 Å². The molecular weight excluding hydrogens is 313 g/mol. The summed E-state index contributed by atoms with van der Waals surface area (Å²) < 4.78 is 37.8. The lowest BCUT2D eigenvalue weighted by atomic mass is 10.1. The maximum absolute atomic E-state index is 12.6. The van der Waals surface area contributed by atoms with Crippen LogP contribution < -0.4 is 10.9 Å². The number of aromatic nitrogens is 1. The van der Waals surface area contributed by atoms with Crippen LogP contribution >= 0.6 is 0 Å². The van der Waals surface area contributed by atoms with Crippen LogP contribution in [-0.4, -0.2) is 16.0 Å². The number of aliphatic hydroxyl groups excluding tert-OH is 1. The second-order valence-electron chi connectivity index (χ2n) is 4.81. The Morgan fingerprint density at radius 3 is 2.52 bits per heavy atom. The van der Waals surface area contributed by atoms with Gasteiger partial charge in [-0.25, -0.2) is 0 Å². The predicted molar refractivity (Wildman–Crippen MR) is 76.7 cm³/mol. The third-order valence-electron chi connectivity index (χ3n) is 3.07. The third-order valence-corrected chi connectivity index (χ3v) is 3.07. The van der Waals surface area contributed by atoms with Crippen molar-refractivity contribution in [1.82, 2.24) is 4.98 Å². The fourth-order valence-electron chi connectivity index (χ4n) is 1.91. The van der Waals surface area contributed by atoms with E-state index in [1.807, 2.05) is 4.98 Å². The third kappa shape index (κ3) is 4.43. The van der Waals surface area contributed by atoms with E-state index >= 15 is 0 Å². The summed E-state index contributed by atoms with van der Waals surface area (Å²) in [6.07, 6.45) is -5.63. The number of alkyl halides is 3. The minimum Gasteiger partial charge on any atom is -0.388 e. The number of halogens is 3. The molecule has 8 heteroatoms. The van der Waals surface area contributed by atoms with Crippen molar-refractivity contribution in [2.75, 3.05) is 5.32 Å². The number of hydrogen-bond donors (Lipinski definition) is 3. The molecule has 0 saturated heterocycles. The summed E-state index contributed by atoms with van der Waals surface area (Å²) in [5, 5.41) is 12.0. The van der Waals surface area contributed by atoms with Gasteiger partial charge in [-0.1, -0.05) is 30.3 Å². The second kappa shape index (κ2) is 6.66. The minimum absolute atomic E-state index is 0.389. The molecule has 0 aliphatic rings. The van der Waals surface area contributed by atoms with Crippen LogP contribution in [0, 0.1) is 0 Å². The van der Waals surface area contributed by atoms with Crippen LogP contribution in [0.5, 0.6) is 0 Å². The van der Waals surface area contributed by atoms with Gasteiger partial charge in [0.1, 0.15) is 5.69 Å². The van der Waals surface area contributed by atoms with Crippen LogP contribution in [0.15, 0.2) is 47.4 Å². The largest absolute Gasteiger partial charge is 0.417 e. The lowest BCUT2D eigenvalue weighted by Gasteiger charge is -2.12. The molecule has 2 aromatic rings. The monoisotopic (exact) mass is 326 g/mol. The molecule has 0 bridgehead atoms. The van der Waals surface area contributed by atoms with E-state index in [2.05, 4.69) is 5.32 Å². The molecule has 0 aliphatic carbocycles. The summed E-state index contributed by atoms with van der Waals surface area (Å²) in [5.41, 5.74) is -1.98. The highest BCUT2D eigenvalue weighted by Gasteiger charge is 2.31. The van der Waals surface area contributed by atoms with Gasteiger partial charge >= 0.3 is 6.18 Å². The number of rotatable bonds is 4. The molecule has 3 N–H and O–H groups in total. The molecule has 5 nitrogen and oxygen atoms in total. The average molecular weight is 326 g/mol. The Labute approximate surface area is 128 Å². The van der Waals surface area contributed by atoms with Gasteiger partial charge < -0.3 is 15.4 Å². The number of anilines is 1. The fraction of sp³-hybridized carbons (Fsp3) is 0.200. The zero-order valence-corrected chi connectivity index (χ0v) is 11.7. The lowest BCUT2D eigenvalue weighted by Crippen LogP contribution is -2.22. The van der Waals surface area contributed by atoms with Gasteiger partial charge in [0.05, 0.1) is 18.1 Å². The summed E-state index contributed by atoms with van der Waals surface area (Å²) in [4.78, 5) is 25.2. The second-order valence-corrected chi connectivity index (χ2v) is 4.81. The van der Waals surface area contributed by atoms with Gasteiger partial charge in [-0.05, 0) is 11.6 Å². The molecule has 1 amide bonds. The zero-order chi connectivity index (χ0) is 17.0. The van der Waals surface area contributed by atoms with Crippen molar-refractivity contribution < 1.29 is 23.1 Å². The number of aliphatic hydroxyl groups is 1. The van der Waals surface area contributed by atoms with Gasteiger partial charge in [-0.2, -0.15) is 13.2 Å². The highest BCUT2D eigenvalue weighted by molar-refractivity contribution is 5.91. The first kappa shape index (κ1) is 16.8. The van der Waals surface area contributed by atoms with Crippen molar-refractivity contribution in [3.05, 3.63) is 64.1 Å². The Morgan fingerprint density at radius 1 is 1.26 bits per heavy atom. The first-order valence-electron chi connectivity index (χ1n) is 6.60. The van der Waals surface area contributed by atoms with E-state index in [9.17, 15) is 27.9 Å². The Balaban J connectivity index is 2.10. The molecule has 1 unspecified atom stereocenters. The SMILES string of the molecule is O=C(CC(O)c1ccccc1)Nc1cc(C(F)(F)F)c[nH]c1=O. The summed E-state index contributed by atoms with van der Waals surface area (Å²) >= 11 is 0. The Hall–Kier alpha value is -2.61. The maximum Gasteiger partial charge on any atom is 0.417 e. The Bertz CT molecular complexity index is 742. The molecule has 1 aromatic carbocycles. The Kier molecular flexibility index (Phi) is 4.85. The quantitative estimate of drug-likeness (QED) is 0.807. The van der Waals surface area contributed by atoms with E-state index in [1.54, 1.807) is 30.3 Å². The number of nitrogens with one attached hydrogen (secondary N) is 2. The molecule has 0 aliphatic heterocycles. The molecule has 2 rings (SSSR count). The van der Waals surface area contributed by atoms with Gasteiger partial charge in [-0.15, -0.1) is 0 Å². The van der Waals surface area contributed by atoms with E-state index in [-0.39, 0.29) is 6.42 Å². The normalized spacial score (nSPS) is 12.7. The van der Waals surface area contributed by atoms with Crippen molar-refractivity contribution >= 4 is 11.6 Å². The van der Waals surface area contributed by atoms with Gasteiger partial charge in [0.25, 0.3) is 5.56 Å². The number of benzene rings is 1. The minimum atomic E-state index is -4.65. The molecule has 122 valence electrons. The molecule has 1 heterocycles. The van der Waals surface area contributed by atoms with E-state index in [4.69, 9.17) is 0 Å². The molecule has 1 aromatic heterocycles. The topological polar surface area (TPSA) is 82.2 Å². The standard InChI is InChI=1S/C15H13F3N2O3/c16-15(17,18)10-6-11(14(23)19-8-10)20-13(22)7-12(21)9-4-2-1-3-5-9/h1-6,8,12,21H,7H2,(H,19,23)(H,20,22). The van der Waals surface area contributed by atoms with Crippen LogP contribution in [-0.2, 0) is 11.0 Å². The number of H-pyrrole nitrogens is 1. The van der Waals surface area contributed by atoms with Gasteiger partial charge in [0.2, 0.25) is 5.91 Å². The van der Waals surface area contributed by atoms with E-state index in [0.29, 0.717) is 17.8 Å². The number of aromatic amines is 1. The predicted octanol–water partition coefficient (Wildman–Crippen LogP) is 2.46. The van der Waals surface area contributed by atoms with Crippen LogP contribution in [0.4, 0.5) is 18.9 Å². The zero-order valence-electron chi connectivity index (χ0n) is 11.7. The summed E-state index contributed by atoms with van der Waals surface area (Å²) in [7, 11) is 0.